The fourth-order valence-corrected chi connectivity index (χ4v) is 2.69. The van der Waals surface area contributed by atoms with Gasteiger partial charge in [-0.2, -0.15) is 5.26 Å². The normalized spacial score (nSPS) is 23.4. The Labute approximate surface area is 108 Å². The molecule has 2 nitrogen and oxygen atoms in total. The maximum absolute atomic E-state index is 8.91. The highest BCUT2D eigenvalue weighted by Gasteiger charge is 2.23. The molecule has 1 aromatic rings. The predicted molar refractivity (Wildman–Crippen MR) is 71.3 cm³/mol. The van der Waals surface area contributed by atoms with Crippen LogP contribution in [0.1, 0.15) is 37.3 Å². The lowest BCUT2D eigenvalue weighted by Gasteiger charge is -2.20. The lowest BCUT2D eigenvalue weighted by Crippen LogP contribution is -2.22. The molecular weight excluding hydrogens is 232 g/mol. The molecule has 0 heterocycles. The summed E-state index contributed by atoms with van der Waals surface area (Å²) in [6.07, 6.45) is 3.81. The largest absolute Gasteiger partial charge is 0.382 e. The highest BCUT2D eigenvalue weighted by molar-refractivity contribution is 6.32. The summed E-state index contributed by atoms with van der Waals surface area (Å²) in [5.74, 6) is 0.712. The summed E-state index contributed by atoms with van der Waals surface area (Å²) >= 11 is 6.16. The number of benzene rings is 1. The van der Waals surface area contributed by atoms with Gasteiger partial charge in [0.15, 0.2) is 0 Å². The molecule has 1 N–H and O–H groups in total. The Balaban J connectivity index is 2.22. The van der Waals surface area contributed by atoms with Crippen molar-refractivity contribution in [2.45, 2.75) is 39.2 Å². The van der Waals surface area contributed by atoms with Crippen LogP contribution in [0.4, 0.5) is 5.69 Å². The monoisotopic (exact) mass is 248 g/mol. The van der Waals surface area contributed by atoms with E-state index in [1.807, 2.05) is 13.0 Å². The third-order valence-corrected chi connectivity index (χ3v) is 4.20. The van der Waals surface area contributed by atoms with Gasteiger partial charge in [0.1, 0.15) is 6.07 Å². The van der Waals surface area contributed by atoms with Crippen LogP contribution in [0.2, 0.25) is 5.02 Å². The van der Waals surface area contributed by atoms with Crippen molar-refractivity contribution >= 4 is 17.3 Å². The summed E-state index contributed by atoms with van der Waals surface area (Å²) in [6.45, 7) is 4.25. The minimum atomic E-state index is 0.540. The Morgan fingerprint density at radius 2 is 2.18 bits per heavy atom. The summed E-state index contributed by atoms with van der Waals surface area (Å²) in [5, 5.41) is 13.0. The number of halogens is 1. The summed E-state index contributed by atoms with van der Waals surface area (Å²) < 4.78 is 0. The Morgan fingerprint density at radius 3 is 2.76 bits per heavy atom. The van der Waals surface area contributed by atoms with E-state index in [1.54, 1.807) is 6.07 Å². The van der Waals surface area contributed by atoms with Gasteiger partial charge in [0.2, 0.25) is 0 Å². The summed E-state index contributed by atoms with van der Waals surface area (Å²) in [5.41, 5.74) is 2.59. The maximum Gasteiger partial charge on any atom is 0.101 e. The molecular formula is C14H17ClN2. The van der Waals surface area contributed by atoms with Crippen molar-refractivity contribution in [3.05, 3.63) is 28.3 Å². The van der Waals surface area contributed by atoms with E-state index in [1.165, 1.54) is 19.3 Å². The number of hydrogen-bond acceptors (Lipinski definition) is 2. The molecule has 1 saturated carbocycles. The van der Waals surface area contributed by atoms with Gasteiger partial charge in [-0.1, -0.05) is 24.9 Å². The molecule has 90 valence electrons. The fraction of sp³-hybridized carbons (Fsp3) is 0.500. The Hall–Kier alpha value is -1.20. The molecule has 3 heteroatoms. The van der Waals surface area contributed by atoms with Crippen LogP contribution in [0.3, 0.4) is 0 Å². The van der Waals surface area contributed by atoms with Crippen molar-refractivity contribution in [1.29, 1.82) is 5.26 Å². The molecule has 2 atom stereocenters. The number of rotatable bonds is 2. The van der Waals surface area contributed by atoms with Crippen molar-refractivity contribution in [2.75, 3.05) is 5.32 Å². The van der Waals surface area contributed by atoms with E-state index in [-0.39, 0.29) is 0 Å². The third-order valence-electron chi connectivity index (χ3n) is 3.71. The zero-order valence-corrected chi connectivity index (χ0v) is 11.0. The first-order chi connectivity index (χ1) is 8.13. The third kappa shape index (κ3) is 2.40. The molecule has 1 aromatic carbocycles. The molecule has 1 fully saturated rings. The zero-order chi connectivity index (χ0) is 12.4. The zero-order valence-electron chi connectivity index (χ0n) is 10.3. The van der Waals surface area contributed by atoms with E-state index in [0.29, 0.717) is 22.5 Å². The van der Waals surface area contributed by atoms with E-state index < -0.39 is 0 Å². The van der Waals surface area contributed by atoms with Crippen molar-refractivity contribution in [3.8, 4) is 6.07 Å². The van der Waals surface area contributed by atoms with Gasteiger partial charge < -0.3 is 5.32 Å². The van der Waals surface area contributed by atoms with Gasteiger partial charge in [-0.3, -0.25) is 0 Å². The van der Waals surface area contributed by atoms with Crippen molar-refractivity contribution < 1.29 is 0 Å². The lowest BCUT2D eigenvalue weighted by atomic mass is 10.0. The standard InChI is InChI=1S/C14H17ClN2/c1-9-4-3-5-12(9)17-13-7-6-11(8-16)14(15)10(13)2/h6-7,9,12,17H,3-5H2,1-2H3/t9?,12-/m1/s1. The predicted octanol–water partition coefficient (Wildman–Crippen LogP) is 4.12. The topological polar surface area (TPSA) is 35.8 Å². The minimum Gasteiger partial charge on any atom is -0.382 e. The first-order valence-electron chi connectivity index (χ1n) is 6.09. The molecule has 0 aliphatic heterocycles. The summed E-state index contributed by atoms with van der Waals surface area (Å²) in [6, 6.07) is 6.40. The smallest absolute Gasteiger partial charge is 0.101 e. The van der Waals surface area contributed by atoms with Gasteiger partial charge in [0, 0.05) is 11.7 Å². The molecule has 0 bridgehead atoms. The van der Waals surface area contributed by atoms with Crippen molar-refractivity contribution in [3.63, 3.8) is 0 Å². The molecule has 2 rings (SSSR count). The lowest BCUT2D eigenvalue weighted by molar-refractivity contribution is 0.556. The van der Waals surface area contributed by atoms with Crippen LogP contribution in [0.5, 0.6) is 0 Å². The van der Waals surface area contributed by atoms with E-state index in [9.17, 15) is 0 Å². The molecule has 0 radical (unpaired) electrons. The van der Waals surface area contributed by atoms with Gasteiger partial charge in [0.05, 0.1) is 10.6 Å². The van der Waals surface area contributed by atoms with Crippen LogP contribution in [0.15, 0.2) is 12.1 Å². The summed E-state index contributed by atoms with van der Waals surface area (Å²) in [7, 11) is 0. The SMILES string of the molecule is Cc1c(N[C@@H]2CCCC2C)ccc(C#N)c1Cl. The number of hydrogen-bond donors (Lipinski definition) is 1. The second-order valence-electron chi connectivity index (χ2n) is 4.87. The van der Waals surface area contributed by atoms with Crippen LogP contribution >= 0.6 is 11.6 Å². The molecule has 1 aliphatic carbocycles. The highest BCUT2D eigenvalue weighted by atomic mass is 35.5. The van der Waals surface area contributed by atoms with Crippen LogP contribution in [-0.2, 0) is 0 Å². The fourth-order valence-electron chi connectivity index (χ4n) is 2.49. The number of nitrogens with zero attached hydrogens (tertiary/aromatic N) is 1. The average Bonchev–Trinajstić information content (AvgIpc) is 2.71. The first-order valence-corrected chi connectivity index (χ1v) is 6.47. The van der Waals surface area contributed by atoms with Crippen LogP contribution in [0.25, 0.3) is 0 Å². The van der Waals surface area contributed by atoms with Crippen molar-refractivity contribution in [2.24, 2.45) is 5.92 Å². The second kappa shape index (κ2) is 4.98. The van der Waals surface area contributed by atoms with Gasteiger partial charge in [0.25, 0.3) is 0 Å². The van der Waals surface area contributed by atoms with Crippen LogP contribution in [0, 0.1) is 24.2 Å². The van der Waals surface area contributed by atoms with Crippen molar-refractivity contribution in [1.82, 2.24) is 0 Å². The molecule has 1 unspecified atom stereocenters. The number of anilines is 1. The molecule has 0 saturated heterocycles. The van der Waals surface area contributed by atoms with Crippen LogP contribution < -0.4 is 5.32 Å². The van der Waals surface area contributed by atoms with Crippen LogP contribution in [-0.4, -0.2) is 6.04 Å². The van der Waals surface area contributed by atoms with E-state index in [2.05, 4.69) is 18.3 Å². The Bertz CT molecular complexity index is 462. The minimum absolute atomic E-state index is 0.540. The van der Waals surface area contributed by atoms with E-state index in [4.69, 9.17) is 16.9 Å². The van der Waals surface area contributed by atoms with Gasteiger partial charge in [-0.05, 0) is 43.4 Å². The maximum atomic E-state index is 8.91. The number of nitriles is 1. The number of nitrogens with one attached hydrogen (secondary N) is 1. The first kappa shape index (κ1) is 12.3. The van der Waals surface area contributed by atoms with E-state index in [0.717, 1.165) is 11.3 Å². The van der Waals surface area contributed by atoms with Gasteiger partial charge in [-0.25, -0.2) is 0 Å². The van der Waals surface area contributed by atoms with E-state index >= 15 is 0 Å². The molecule has 0 spiro atoms. The second-order valence-corrected chi connectivity index (χ2v) is 5.25. The average molecular weight is 249 g/mol. The molecule has 17 heavy (non-hydrogen) atoms. The summed E-state index contributed by atoms with van der Waals surface area (Å²) in [4.78, 5) is 0. The molecule has 1 aliphatic rings. The highest BCUT2D eigenvalue weighted by Crippen LogP contribution is 2.32. The Morgan fingerprint density at radius 1 is 1.41 bits per heavy atom. The van der Waals surface area contributed by atoms with Gasteiger partial charge in [-0.15, -0.1) is 0 Å². The molecule has 0 amide bonds. The quantitative estimate of drug-likeness (QED) is 0.855. The molecule has 0 aromatic heterocycles. The Kier molecular flexibility index (Phi) is 3.59. The van der Waals surface area contributed by atoms with Gasteiger partial charge >= 0.3 is 0 Å².